The van der Waals surface area contributed by atoms with Gasteiger partial charge in [-0.25, -0.2) is 10.3 Å². The molecule has 1 aromatic heterocycles. The molecule has 4 aromatic rings. The van der Waals surface area contributed by atoms with Gasteiger partial charge in [-0.1, -0.05) is 66.7 Å². The summed E-state index contributed by atoms with van der Waals surface area (Å²) in [6.45, 7) is 3.66. The van der Waals surface area contributed by atoms with Gasteiger partial charge in [-0.3, -0.25) is 14.9 Å². The van der Waals surface area contributed by atoms with Crippen LogP contribution < -0.4 is 5.48 Å². The summed E-state index contributed by atoms with van der Waals surface area (Å²) in [5.41, 5.74) is 8.42. The summed E-state index contributed by atoms with van der Waals surface area (Å²) in [6, 6.07) is 24.4. The van der Waals surface area contributed by atoms with Crippen molar-refractivity contribution in [3.63, 3.8) is 0 Å². The zero-order valence-electron chi connectivity index (χ0n) is 22.4. The molecule has 2 heterocycles. The third kappa shape index (κ3) is 6.97. The molecule has 0 spiro atoms. The van der Waals surface area contributed by atoms with Crippen molar-refractivity contribution in [3.05, 3.63) is 113 Å². The molecule has 0 fully saturated rings. The smallest absolute Gasteiger partial charge is 0.410 e. The maximum atomic E-state index is 12.8. The molecular formula is C32H34N4O4. The predicted octanol–water partition coefficient (Wildman–Crippen LogP) is 4.93. The van der Waals surface area contributed by atoms with E-state index in [9.17, 15) is 9.59 Å². The van der Waals surface area contributed by atoms with Crippen LogP contribution in [0.3, 0.4) is 0 Å². The standard InChI is InChI=1S/C32H34N4O4/c37-31(34-39)14-13-24-9-11-25(12-10-24)22-35(17-15-27-21-33-30-8-4-3-7-29(27)30)19-20-40-32(38)36-18-16-26-5-1-2-6-28(26)23-36/h1-14,21,33,39H,15-20,22-23H2,(H,34,37). The lowest BCUT2D eigenvalue weighted by Crippen LogP contribution is -2.38. The summed E-state index contributed by atoms with van der Waals surface area (Å²) in [6.07, 6.45) is 6.42. The summed E-state index contributed by atoms with van der Waals surface area (Å²) in [5.74, 6) is -0.573. The van der Waals surface area contributed by atoms with Crippen LogP contribution in [0, 0.1) is 0 Å². The van der Waals surface area contributed by atoms with Crippen molar-refractivity contribution in [2.24, 2.45) is 0 Å². The zero-order chi connectivity index (χ0) is 27.7. The first-order valence-electron chi connectivity index (χ1n) is 13.6. The molecule has 0 radical (unpaired) electrons. The third-order valence-corrected chi connectivity index (χ3v) is 7.32. The molecule has 0 aliphatic carbocycles. The fourth-order valence-corrected chi connectivity index (χ4v) is 5.09. The number of rotatable bonds is 10. The van der Waals surface area contributed by atoms with E-state index in [-0.39, 0.29) is 6.09 Å². The summed E-state index contributed by atoms with van der Waals surface area (Å²) >= 11 is 0. The Hall–Kier alpha value is -4.40. The summed E-state index contributed by atoms with van der Waals surface area (Å²) in [5, 5.41) is 9.88. The van der Waals surface area contributed by atoms with Crippen LogP contribution in [0.4, 0.5) is 4.79 Å². The molecular weight excluding hydrogens is 504 g/mol. The van der Waals surface area contributed by atoms with E-state index in [0.29, 0.717) is 32.8 Å². The maximum absolute atomic E-state index is 12.8. The Labute approximate surface area is 233 Å². The lowest BCUT2D eigenvalue weighted by molar-refractivity contribution is -0.124. The van der Waals surface area contributed by atoms with Gasteiger partial charge in [0.2, 0.25) is 0 Å². The molecule has 0 unspecified atom stereocenters. The lowest BCUT2D eigenvalue weighted by Gasteiger charge is -2.28. The van der Waals surface area contributed by atoms with Crippen LogP contribution in [-0.4, -0.2) is 58.2 Å². The monoisotopic (exact) mass is 538 g/mol. The third-order valence-electron chi connectivity index (χ3n) is 7.32. The quantitative estimate of drug-likeness (QED) is 0.151. The average Bonchev–Trinajstić information content (AvgIpc) is 3.42. The van der Waals surface area contributed by atoms with E-state index in [2.05, 4.69) is 46.4 Å². The first kappa shape index (κ1) is 27.2. The number of nitrogens with one attached hydrogen (secondary N) is 2. The first-order valence-corrected chi connectivity index (χ1v) is 13.6. The number of carbonyl (C=O) groups excluding carboxylic acids is 2. The van der Waals surface area contributed by atoms with Crippen molar-refractivity contribution in [1.29, 1.82) is 0 Å². The number of nitrogens with zero attached hydrogens (tertiary/aromatic N) is 2. The Morgan fingerprint density at radius 2 is 1.77 bits per heavy atom. The predicted molar refractivity (Wildman–Crippen MR) is 155 cm³/mol. The normalized spacial score (nSPS) is 13.1. The van der Waals surface area contributed by atoms with E-state index in [1.807, 2.05) is 42.5 Å². The highest BCUT2D eigenvalue weighted by atomic mass is 16.6. The first-order chi connectivity index (χ1) is 19.6. The molecule has 0 bridgehead atoms. The van der Waals surface area contributed by atoms with Crippen molar-refractivity contribution in [2.45, 2.75) is 25.9 Å². The number of aromatic amines is 1. The SMILES string of the molecule is O=C(C=Cc1ccc(CN(CCOC(=O)N2CCc3ccccc3C2)CCc2c[nH]c3ccccc23)cc1)NO. The van der Waals surface area contributed by atoms with Gasteiger partial charge in [0.1, 0.15) is 6.61 Å². The molecule has 0 saturated carbocycles. The maximum Gasteiger partial charge on any atom is 0.410 e. The molecule has 40 heavy (non-hydrogen) atoms. The molecule has 0 atom stereocenters. The molecule has 3 N–H and O–H groups in total. The lowest BCUT2D eigenvalue weighted by atomic mass is 10.0. The van der Waals surface area contributed by atoms with E-state index in [4.69, 9.17) is 9.94 Å². The van der Waals surface area contributed by atoms with Gasteiger partial charge in [0.05, 0.1) is 0 Å². The molecule has 3 aromatic carbocycles. The minimum absolute atomic E-state index is 0.269. The van der Waals surface area contributed by atoms with Crippen molar-refractivity contribution >= 4 is 29.0 Å². The number of hydrogen-bond donors (Lipinski definition) is 3. The van der Waals surface area contributed by atoms with Gasteiger partial charge in [0.15, 0.2) is 0 Å². The molecule has 206 valence electrons. The Bertz CT molecular complexity index is 1480. The van der Waals surface area contributed by atoms with Gasteiger partial charge < -0.3 is 14.6 Å². The zero-order valence-corrected chi connectivity index (χ0v) is 22.4. The second-order valence-electron chi connectivity index (χ2n) is 9.99. The Morgan fingerprint density at radius 1 is 1.00 bits per heavy atom. The largest absolute Gasteiger partial charge is 0.448 e. The number of ether oxygens (including phenoxy) is 1. The second kappa shape index (κ2) is 13.1. The van der Waals surface area contributed by atoms with Crippen LogP contribution >= 0.6 is 0 Å². The second-order valence-corrected chi connectivity index (χ2v) is 9.99. The van der Waals surface area contributed by atoms with Crippen LogP contribution in [0.15, 0.2) is 85.1 Å². The van der Waals surface area contributed by atoms with Gasteiger partial charge in [0, 0.05) is 55.9 Å². The minimum atomic E-state index is -0.573. The van der Waals surface area contributed by atoms with Crippen LogP contribution in [0.25, 0.3) is 17.0 Å². The van der Waals surface area contributed by atoms with Crippen molar-refractivity contribution in [3.8, 4) is 0 Å². The molecule has 8 nitrogen and oxygen atoms in total. The number of hydroxylamine groups is 1. The highest BCUT2D eigenvalue weighted by molar-refractivity contribution is 5.90. The number of para-hydroxylation sites is 1. The average molecular weight is 539 g/mol. The van der Waals surface area contributed by atoms with Gasteiger partial charge in [-0.05, 0) is 52.8 Å². The van der Waals surface area contributed by atoms with Gasteiger partial charge in [-0.2, -0.15) is 0 Å². The van der Waals surface area contributed by atoms with Gasteiger partial charge in [0.25, 0.3) is 5.91 Å². The molecule has 0 saturated heterocycles. The number of H-pyrrole nitrogens is 1. The number of fused-ring (bicyclic) bond motifs is 2. The topological polar surface area (TPSA) is 97.9 Å². The van der Waals surface area contributed by atoms with E-state index in [1.54, 1.807) is 16.5 Å². The van der Waals surface area contributed by atoms with Crippen molar-refractivity contribution < 1.29 is 19.5 Å². The molecule has 2 amide bonds. The number of hydrogen-bond acceptors (Lipinski definition) is 5. The number of aromatic nitrogens is 1. The minimum Gasteiger partial charge on any atom is -0.448 e. The summed E-state index contributed by atoms with van der Waals surface area (Å²) in [7, 11) is 0. The molecule has 8 heteroatoms. The molecule has 1 aliphatic heterocycles. The van der Waals surface area contributed by atoms with E-state index in [1.165, 1.54) is 28.2 Å². The number of amides is 2. The molecule has 5 rings (SSSR count). The fourth-order valence-electron chi connectivity index (χ4n) is 5.09. The van der Waals surface area contributed by atoms with Crippen LogP contribution in [-0.2, 0) is 35.5 Å². The van der Waals surface area contributed by atoms with E-state index < -0.39 is 5.91 Å². The van der Waals surface area contributed by atoms with Gasteiger partial charge >= 0.3 is 6.09 Å². The number of carbonyl (C=O) groups is 2. The van der Waals surface area contributed by atoms with Crippen LogP contribution in [0.2, 0.25) is 0 Å². The Morgan fingerprint density at radius 3 is 2.60 bits per heavy atom. The van der Waals surface area contributed by atoms with Crippen molar-refractivity contribution in [1.82, 2.24) is 20.3 Å². The molecule has 1 aliphatic rings. The summed E-state index contributed by atoms with van der Waals surface area (Å²) in [4.78, 5) is 31.5. The summed E-state index contributed by atoms with van der Waals surface area (Å²) < 4.78 is 5.73. The van der Waals surface area contributed by atoms with Gasteiger partial charge in [-0.15, -0.1) is 0 Å². The highest BCUT2D eigenvalue weighted by Crippen LogP contribution is 2.20. The highest BCUT2D eigenvalue weighted by Gasteiger charge is 2.21. The Balaban J connectivity index is 1.20. The van der Waals surface area contributed by atoms with Crippen LogP contribution in [0.1, 0.15) is 27.8 Å². The van der Waals surface area contributed by atoms with E-state index >= 15 is 0 Å². The van der Waals surface area contributed by atoms with Crippen LogP contribution in [0.5, 0.6) is 0 Å². The number of benzene rings is 3. The van der Waals surface area contributed by atoms with Crippen molar-refractivity contribution in [2.75, 3.05) is 26.2 Å². The van der Waals surface area contributed by atoms with E-state index in [0.717, 1.165) is 36.0 Å². The Kier molecular flexibility index (Phi) is 8.90. The fraction of sp³-hybridized carbons (Fsp3) is 0.250.